The van der Waals surface area contributed by atoms with Crippen molar-refractivity contribution in [1.82, 2.24) is 9.97 Å². The van der Waals surface area contributed by atoms with Crippen molar-refractivity contribution in [3.63, 3.8) is 0 Å². The minimum atomic E-state index is 0.538. The molecule has 0 aliphatic heterocycles. The molecule has 104 valence electrons. The first kappa shape index (κ1) is 12.9. The van der Waals surface area contributed by atoms with Gasteiger partial charge < -0.3 is 5.73 Å². The molecule has 3 nitrogen and oxygen atoms in total. The monoisotopic (exact) mass is 259 g/mol. The number of hydrogen-bond acceptors (Lipinski definition) is 3. The van der Waals surface area contributed by atoms with Crippen LogP contribution in [0, 0.1) is 11.8 Å². The molecule has 1 aromatic heterocycles. The highest BCUT2D eigenvalue weighted by Gasteiger charge is 2.29. The van der Waals surface area contributed by atoms with E-state index in [1.165, 1.54) is 44.2 Å². The third kappa shape index (κ3) is 2.90. The summed E-state index contributed by atoms with van der Waals surface area (Å²) in [5.74, 6) is 4.58. The molecule has 0 radical (unpaired) electrons. The first-order chi connectivity index (χ1) is 9.13. The highest BCUT2D eigenvalue weighted by Crippen LogP contribution is 2.41. The van der Waals surface area contributed by atoms with Gasteiger partial charge >= 0.3 is 0 Å². The third-order valence-electron chi connectivity index (χ3n) is 4.86. The topological polar surface area (TPSA) is 51.8 Å². The molecule has 0 amide bonds. The zero-order valence-corrected chi connectivity index (χ0v) is 12.1. The molecule has 3 heteroatoms. The number of anilines is 1. The Morgan fingerprint density at radius 3 is 2.21 bits per heavy atom. The Morgan fingerprint density at radius 2 is 1.63 bits per heavy atom. The fourth-order valence-electron chi connectivity index (χ4n) is 3.32. The van der Waals surface area contributed by atoms with Crippen molar-refractivity contribution in [3.8, 4) is 0 Å². The van der Waals surface area contributed by atoms with Gasteiger partial charge in [0, 0.05) is 23.6 Å². The van der Waals surface area contributed by atoms with E-state index in [0.29, 0.717) is 17.7 Å². The summed E-state index contributed by atoms with van der Waals surface area (Å²) < 4.78 is 0. The van der Waals surface area contributed by atoms with Crippen molar-refractivity contribution in [2.75, 3.05) is 5.73 Å². The molecule has 19 heavy (non-hydrogen) atoms. The van der Waals surface area contributed by atoms with E-state index < -0.39 is 0 Å². The normalized spacial score (nSPS) is 27.7. The quantitative estimate of drug-likeness (QED) is 0.896. The van der Waals surface area contributed by atoms with Crippen molar-refractivity contribution in [2.24, 2.45) is 11.8 Å². The van der Waals surface area contributed by atoms with Gasteiger partial charge in [-0.3, -0.25) is 0 Å². The Kier molecular flexibility index (Phi) is 3.46. The van der Waals surface area contributed by atoms with Crippen LogP contribution in [0.1, 0.15) is 75.7 Å². The van der Waals surface area contributed by atoms with Gasteiger partial charge in [0.15, 0.2) is 0 Å². The maximum atomic E-state index is 5.96. The van der Waals surface area contributed by atoms with Crippen LogP contribution >= 0.6 is 0 Å². The molecular weight excluding hydrogens is 234 g/mol. The van der Waals surface area contributed by atoms with Gasteiger partial charge in [0.25, 0.3) is 0 Å². The predicted molar refractivity (Wildman–Crippen MR) is 78.0 cm³/mol. The summed E-state index contributed by atoms with van der Waals surface area (Å²) in [6.45, 7) is 4.68. The number of nitrogens with two attached hydrogens (primary N) is 1. The summed E-state index contributed by atoms with van der Waals surface area (Å²) in [5.41, 5.74) is 7.14. The third-order valence-corrected chi connectivity index (χ3v) is 4.86. The van der Waals surface area contributed by atoms with Crippen molar-refractivity contribution in [2.45, 2.75) is 64.2 Å². The Bertz CT molecular complexity index is 443. The Labute approximate surface area is 116 Å². The molecule has 3 rings (SSSR count). The van der Waals surface area contributed by atoms with Crippen molar-refractivity contribution >= 4 is 5.82 Å². The molecule has 2 N–H and O–H groups in total. The maximum absolute atomic E-state index is 5.96. The molecule has 1 aromatic rings. The average Bonchev–Trinajstić information content (AvgIpc) is 3.22. The van der Waals surface area contributed by atoms with Gasteiger partial charge in [-0.15, -0.1) is 0 Å². The van der Waals surface area contributed by atoms with E-state index in [1.54, 1.807) is 0 Å². The number of nitrogen functional groups attached to an aromatic ring is 1. The molecule has 0 saturated heterocycles. The molecule has 0 aromatic carbocycles. The van der Waals surface area contributed by atoms with Crippen molar-refractivity contribution in [3.05, 3.63) is 17.6 Å². The molecule has 0 spiro atoms. The van der Waals surface area contributed by atoms with E-state index in [1.807, 2.05) is 6.07 Å². The zero-order chi connectivity index (χ0) is 13.4. The second-order valence-electron chi connectivity index (χ2n) is 6.71. The summed E-state index contributed by atoms with van der Waals surface area (Å²) >= 11 is 0. The SMILES string of the molecule is CC(C)C1CCC(c2nc(N)cc(C3CC3)n2)CC1. The second kappa shape index (κ2) is 5.10. The molecule has 2 fully saturated rings. The summed E-state index contributed by atoms with van der Waals surface area (Å²) in [6.07, 6.45) is 7.65. The molecule has 1 heterocycles. The van der Waals surface area contributed by atoms with E-state index in [2.05, 4.69) is 18.8 Å². The van der Waals surface area contributed by atoms with Crippen LogP contribution in [0.3, 0.4) is 0 Å². The minimum Gasteiger partial charge on any atom is -0.384 e. The molecule has 2 aliphatic carbocycles. The fraction of sp³-hybridized carbons (Fsp3) is 0.750. The number of aromatic nitrogens is 2. The minimum absolute atomic E-state index is 0.538. The van der Waals surface area contributed by atoms with Crippen LogP contribution in [0.15, 0.2) is 6.07 Å². The number of nitrogens with zero attached hydrogens (tertiary/aromatic N) is 2. The lowest BCUT2D eigenvalue weighted by Gasteiger charge is -2.30. The zero-order valence-electron chi connectivity index (χ0n) is 12.1. The Hall–Kier alpha value is -1.12. The summed E-state index contributed by atoms with van der Waals surface area (Å²) in [5, 5.41) is 0. The molecule has 2 aliphatic rings. The number of rotatable bonds is 3. The predicted octanol–water partition coefficient (Wildman–Crippen LogP) is 3.87. The first-order valence-corrected chi connectivity index (χ1v) is 7.78. The van der Waals surface area contributed by atoms with Gasteiger partial charge in [0.2, 0.25) is 0 Å². The van der Waals surface area contributed by atoms with Crippen LogP contribution in [-0.2, 0) is 0 Å². The standard InChI is InChI=1S/C16H25N3/c1-10(2)11-3-7-13(8-4-11)16-18-14(12-5-6-12)9-15(17)19-16/h9-13H,3-8H2,1-2H3,(H2,17,18,19). The van der Waals surface area contributed by atoms with Crippen LogP contribution in [0.5, 0.6) is 0 Å². The Balaban J connectivity index is 1.72. The van der Waals surface area contributed by atoms with Crippen LogP contribution in [-0.4, -0.2) is 9.97 Å². The highest BCUT2D eigenvalue weighted by atomic mass is 15.0. The van der Waals surface area contributed by atoms with E-state index in [0.717, 1.165) is 17.7 Å². The molecule has 0 bridgehead atoms. The van der Waals surface area contributed by atoms with E-state index >= 15 is 0 Å². The maximum Gasteiger partial charge on any atom is 0.134 e. The van der Waals surface area contributed by atoms with Crippen LogP contribution < -0.4 is 5.73 Å². The van der Waals surface area contributed by atoms with Crippen LogP contribution in [0.2, 0.25) is 0 Å². The molecule has 2 saturated carbocycles. The number of hydrogen-bond donors (Lipinski definition) is 1. The van der Waals surface area contributed by atoms with Crippen LogP contribution in [0.4, 0.5) is 5.82 Å². The lowest BCUT2D eigenvalue weighted by atomic mass is 9.76. The summed E-state index contributed by atoms with van der Waals surface area (Å²) in [4.78, 5) is 9.30. The molecular formula is C16H25N3. The van der Waals surface area contributed by atoms with Gasteiger partial charge in [0.05, 0.1) is 0 Å². The van der Waals surface area contributed by atoms with Gasteiger partial charge in [-0.1, -0.05) is 13.8 Å². The first-order valence-electron chi connectivity index (χ1n) is 7.78. The van der Waals surface area contributed by atoms with Gasteiger partial charge in [-0.05, 0) is 50.4 Å². The Morgan fingerprint density at radius 1 is 1.00 bits per heavy atom. The van der Waals surface area contributed by atoms with Crippen LogP contribution in [0.25, 0.3) is 0 Å². The van der Waals surface area contributed by atoms with Crippen molar-refractivity contribution < 1.29 is 0 Å². The summed E-state index contributed by atoms with van der Waals surface area (Å²) in [7, 11) is 0. The highest BCUT2D eigenvalue weighted by molar-refractivity contribution is 5.33. The smallest absolute Gasteiger partial charge is 0.134 e. The van der Waals surface area contributed by atoms with E-state index in [4.69, 9.17) is 10.7 Å². The van der Waals surface area contributed by atoms with Gasteiger partial charge in [-0.25, -0.2) is 9.97 Å². The lowest BCUT2D eigenvalue weighted by Crippen LogP contribution is -2.19. The van der Waals surface area contributed by atoms with Gasteiger partial charge in [0.1, 0.15) is 11.6 Å². The fourth-order valence-corrected chi connectivity index (χ4v) is 3.32. The average molecular weight is 259 g/mol. The molecule has 0 unspecified atom stereocenters. The van der Waals surface area contributed by atoms with Crippen molar-refractivity contribution in [1.29, 1.82) is 0 Å². The molecule has 0 atom stereocenters. The van der Waals surface area contributed by atoms with E-state index in [9.17, 15) is 0 Å². The lowest BCUT2D eigenvalue weighted by molar-refractivity contribution is 0.254. The second-order valence-corrected chi connectivity index (χ2v) is 6.71. The summed E-state index contributed by atoms with van der Waals surface area (Å²) in [6, 6.07) is 1.97. The van der Waals surface area contributed by atoms with E-state index in [-0.39, 0.29) is 0 Å². The van der Waals surface area contributed by atoms with Gasteiger partial charge in [-0.2, -0.15) is 0 Å². The largest absolute Gasteiger partial charge is 0.384 e.